The van der Waals surface area contributed by atoms with Gasteiger partial charge in [-0.15, -0.1) is 0 Å². The summed E-state index contributed by atoms with van der Waals surface area (Å²) in [5.41, 5.74) is 2.25. The molecule has 5 heteroatoms. The molecule has 1 heterocycles. The highest BCUT2D eigenvalue weighted by Crippen LogP contribution is 2.24. The Hall–Kier alpha value is -3.60. The molecule has 0 fully saturated rings. The van der Waals surface area contributed by atoms with Gasteiger partial charge >= 0.3 is 0 Å². The van der Waals surface area contributed by atoms with Crippen LogP contribution in [0.1, 0.15) is 5.82 Å². The Morgan fingerprint density at radius 1 is 0.926 bits per heavy atom. The zero-order chi connectivity index (χ0) is 18.6. The number of nitrogens with one attached hydrogen (secondary N) is 1. The molecular formula is C22H19N3O2. The number of hydrogen-bond acceptors (Lipinski definition) is 4. The number of rotatable bonds is 5. The van der Waals surface area contributed by atoms with E-state index in [-0.39, 0.29) is 5.56 Å². The fraction of sp³-hybridized carbons (Fsp3) is 0.0909. The molecule has 0 saturated carbocycles. The maximum Gasteiger partial charge on any atom is 0.266 e. The van der Waals surface area contributed by atoms with Crippen molar-refractivity contribution in [3.63, 3.8) is 0 Å². The van der Waals surface area contributed by atoms with E-state index < -0.39 is 0 Å². The number of nitrogens with zero attached hydrogens (tertiary/aromatic N) is 2. The van der Waals surface area contributed by atoms with Crippen LogP contribution in [0.3, 0.4) is 0 Å². The van der Waals surface area contributed by atoms with Gasteiger partial charge in [-0.1, -0.05) is 42.5 Å². The second-order valence-corrected chi connectivity index (χ2v) is 6.08. The molecule has 134 valence electrons. The third-order valence-corrected chi connectivity index (χ3v) is 4.40. The Bertz CT molecular complexity index is 1140. The minimum absolute atomic E-state index is 0.0800. The summed E-state index contributed by atoms with van der Waals surface area (Å²) in [5, 5.41) is 3.93. The van der Waals surface area contributed by atoms with Crippen LogP contribution >= 0.6 is 0 Å². The number of para-hydroxylation sites is 4. The van der Waals surface area contributed by atoms with Crippen molar-refractivity contribution in [1.29, 1.82) is 0 Å². The Balaban J connectivity index is 1.82. The summed E-state index contributed by atoms with van der Waals surface area (Å²) in [6, 6.07) is 24.6. The van der Waals surface area contributed by atoms with E-state index in [1.54, 1.807) is 11.7 Å². The third kappa shape index (κ3) is 3.27. The summed E-state index contributed by atoms with van der Waals surface area (Å²) in [6.45, 7) is 0.384. The van der Waals surface area contributed by atoms with Crippen LogP contribution in [-0.4, -0.2) is 16.7 Å². The molecule has 4 rings (SSSR count). The Kier molecular flexibility index (Phi) is 4.58. The van der Waals surface area contributed by atoms with Crippen LogP contribution < -0.4 is 15.6 Å². The zero-order valence-electron chi connectivity index (χ0n) is 14.9. The minimum Gasteiger partial charge on any atom is -0.495 e. The van der Waals surface area contributed by atoms with Gasteiger partial charge in [0.05, 0.1) is 35.9 Å². The Morgan fingerprint density at radius 2 is 1.63 bits per heavy atom. The molecule has 0 aliphatic carbocycles. The number of anilines is 1. The van der Waals surface area contributed by atoms with E-state index in [2.05, 4.69) is 5.32 Å². The van der Waals surface area contributed by atoms with Gasteiger partial charge in [0.2, 0.25) is 0 Å². The molecule has 0 atom stereocenters. The summed E-state index contributed by atoms with van der Waals surface area (Å²) in [7, 11) is 1.63. The summed E-state index contributed by atoms with van der Waals surface area (Å²) in [4.78, 5) is 17.9. The van der Waals surface area contributed by atoms with Crippen molar-refractivity contribution in [1.82, 2.24) is 9.55 Å². The van der Waals surface area contributed by atoms with Gasteiger partial charge in [0.1, 0.15) is 11.6 Å². The van der Waals surface area contributed by atoms with Gasteiger partial charge in [-0.05, 0) is 36.4 Å². The molecular weight excluding hydrogens is 338 g/mol. The summed E-state index contributed by atoms with van der Waals surface area (Å²) in [6.07, 6.45) is 0. The standard InChI is InChI=1S/C22H19N3O2/c1-27-20-14-8-7-13-19(20)23-15-21-24-18-12-6-5-11-17(18)22(26)25(21)16-9-3-2-4-10-16/h2-14,23H,15H2,1H3. The number of methoxy groups -OCH3 is 1. The molecule has 1 aromatic heterocycles. The summed E-state index contributed by atoms with van der Waals surface area (Å²) < 4.78 is 7.05. The van der Waals surface area contributed by atoms with E-state index in [1.807, 2.05) is 78.9 Å². The molecule has 0 radical (unpaired) electrons. The zero-order valence-corrected chi connectivity index (χ0v) is 14.9. The van der Waals surface area contributed by atoms with Crippen LogP contribution in [0.2, 0.25) is 0 Å². The number of aromatic nitrogens is 2. The van der Waals surface area contributed by atoms with Gasteiger partial charge in [0, 0.05) is 0 Å². The Labute approximate surface area is 156 Å². The quantitative estimate of drug-likeness (QED) is 0.586. The normalized spacial score (nSPS) is 10.7. The lowest BCUT2D eigenvalue weighted by Crippen LogP contribution is -2.25. The lowest BCUT2D eigenvalue weighted by molar-refractivity contribution is 0.416. The molecule has 5 nitrogen and oxygen atoms in total. The SMILES string of the molecule is COc1ccccc1NCc1nc2ccccc2c(=O)n1-c1ccccc1. The molecule has 4 aromatic rings. The van der Waals surface area contributed by atoms with Crippen molar-refractivity contribution in [3.05, 3.63) is 95.0 Å². The molecule has 0 bridgehead atoms. The molecule has 0 amide bonds. The highest BCUT2D eigenvalue weighted by Gasteiger charge is 2.13. The van der Waals surface area contributed by atoms with Gasteiger partial charge < -0.3 is 10.1 Å². The van der Waals surface area contributed by atoms with Gasteiger partial charge in [0.25, 0.3) is 5.56 Å². The molecule has 0 spiro atoms. The van der Waals surface area contributed by atoms with Crippen LogP contribution in [0.5, 0.6) is 5.75 Å². The van der Waals surface area contributed by atoms with Crippen LogP contribution in [0.15, 0.2) is 83.7 Å². The maximum atomic E-state index is 13.2. The largest absolute Gasteiger partial charge is 0.495 e. The average Bonchev–Trinajstić information content (AvgIpc) is 2.73. The lowest BCUT2D eigenvalue weighted by atomic mass is 10.2. The summed E-state index contributed by atoms with van der Waals surface area (Å²) >= 11 is 0. The number of hydrogen-bond donors (Lipinski definition) is 1. The lowest BCUT2D eigenvalue weighted by Gasteiger charge is -2.16. The van der Waals surface area contributed by atoms with Gasteiger partial charge in [-0.2, -0.15) is 0 Å². The van der Waals surface area contributed by atoms with Crippen LogP contribution in [0.4, 0.5) is 5.69 Å². The topological polar surface area (TPSA) is 56.1 Å². The minimum atomic E-state index is -0.0800. The molecule has 27 heavy (non-hydrogen) atoms. The fourth-order valence-corrected chi connectivity index (χ4v) is 3.11. The van der Waals surface area contributed by atoms with E-state index in [0.29, 0.717) is 23.3 Å². The van der Waals surface area contributed by atoms with Crippen LogP contribution in [0, 0.1) is 0 Å². The highest BCUT2D eigenvalue weighted by molar-refractivity contribution is 5.77. The highest BCUT2D eigenvalue weighted by atomic mass is 16.5. The number of fused-ring (bicyclic) bond motifs is 1. The van der Waals surface area contributed by atoms with Crippen molar-refractivity contribution < 1.29 is 4.74 Å². The second-order valence-electron chi connectivity index (χ2n) is 6.08. The van der Waals surface area contributed by atoms with Gasteiger partial charge in [0.15, 0.2) is 0 Å². The number of benzene rings is 3. The molecule has 0 unspecified atom stereocenters. The van der Waals surface area contributed by atoms with E-state index >= 15 is 0 Å². The Morgan fingerprint density at radius 3 is 2.44 bits per heavy atom. The van der Waals surface area contributed by atoms with Gasteiger partial charge in [-0.3, -0.25) is 9.36 Å². The first kappa shape index (κ1) is 16.8. The van der Waals surface area contributed by atoms with Crippen LogP contribution in [0.25, 0.3) is 16.6 Å². The number of ether oxygens (including phenoxy) is 1. The van der Waals surface area contributed by atoms with E-state index in [4.69, 9.17) is 9.72 Å². The first-order valence-corrected chi connectivity index (χ1v) is 8.71. The molecule has 0 saturated heterocycles. The van der Waals surface area contributed by atoms with Gasteiger partial charge in [-0.25, -0.2) is 4.98 Å². The van der Waals surface area contributed by atoms with Crippen molar-refractivity contribution in [2.24, 2.45) is 0 Å². The summed E-state index contributed by atoms with van der Waals surface area (Å²) in [5.74, 6) is 1.38. The smallest absolute Gasteiger partial charge is 0.266 e. The van der Waals surface area contributed by atoms with Crippen molar-refractivity contribution in [3.8, 4) is 11.4 Å². The van der Waals surface area contributed by atoms with Crippen LogP contribution in [-0.2, 0) is 6.54 Å². The van der Waals surface area contributed by atoms with Crippen molar-refractivity contribution >= 4 is 16.6 Å². The van der Waals surface area contributed by atoms with E-state index in [0.717, 1.165) is 17.1 Å². The monoisotopic (exact) mass is 357 g/mol. The average molecular weight is 357 g/mol. The first-order valence-electron chi connectivity index (χ1n) is 8.71. The van der Waals surface area contributed by atoms with E-state index in [9.17, 15) is 4.79 Å². The molecule has 3 aromatic carbocycles. The van der Waals surface area contributed by atoms with E-state index in [1.165, 1.54) is 0 Å². The first-order chi connectivity index (χ1) is 13.3. The molecule has 0 aliphatic heterocycles. The van der Waals surface area contributed by atoms with Crippen molar-refractivity contribution in [2.45, 2.75) is 6.54 Å². The molecule has 0 aliphatic rings. The predicted molar refractivity (Wildman–Crippen MR) is 108 cm³/mol. The second kappa shape index (κ2) is 7.33. The maximum absolute atomic E-state index is 13.2. The third-order valence-electron chi connectivity index (χ3n) is 4.40. The predicted octanol–water partition coefficient (Wildman–Crippen LogP) is 4.01. The molecule has 1 N–H and O–H groups in total. The van der Waals surface area contributed by atoms with Crippen molar-refractivity contribution in [2.75, 3.05) is 12.4 Å². The fourth-order valence-electron chi connectivity index (χ4n) is 3.11.